The molecule has 2 N–H and O–H groups in total. The molecule has 1 aromatic rings. The van der Waals surface area contributed by atoms with Gasteiger partial charge in [0.2, 0.25) is 0 Å². The Labute approximate surface area is 97.7 Å². The van der Waals surface area contributed by atoms with Gasteiger partial charge in [-0.2, -0.15) is 5.10 Å². The normalized spacial score (nSPS) is 15.1. The lowest BCUT2D eigenvalue weighted by molar-refractivity contribution is 0.214. The maximum absolute atomic E-state index is 9.03. The zero-order valence-electron chi connectivity index (χ0n) is 10.7. The molecule has 0 bridgehead atoms. The van der Waals surface area contributed by atoms with Gasteiger partial charge in [-0.15, -0.1) is 0 Å². The van der Waals surface area contributed by atoms with Crippen LogP contribution in [0.2, 0.25) is 0 Å². The van der Waals surface area contributed by atoms with Gasteiger partial charge in [-0.25, -0.2) is 0 Å². The first-order chi connectivity index (χ1) is 7.52. The summed E-state index contributed by atoms with van der Waals surface area (Å²) in [5, 5.41) is 16.8. The van der Waals surface area contributed by atoms with Gasteiger partial charge in [0.15, 0.2) is 0 Å². The van der Waals surface area contributed by atoms with Crippen LogP contribution < -0.4 is 5.32 Å². The Bertz CT molecular complexity index is 335. The van der Waals surface area contributed by atoms with E-state index in [9.17, 15) is 0 Å². The van der Waals surface area contributed by atoms with Gasteiger partial charge in [0.1, 0.15) is 0 Å². The number of aliphatic hydroxyl groups excluding tert-OH is 1. The topological polar surface area (TPSA) is 50.1 Å². The molecule has 0 saturated carbocycles. The number of aliphatic hydroxyl groups is 1. The fraction of sp³-hybridized carbons (Fsp3) is 0.750. The van der Waals surface area contributed by atoms with E-state index in [1.54, 1.807) is 0 Å². The maximum atomic E-state index is 9.03. The number of aryl methyl sites for hydroxylation is 1. The third-order valence-corrected chi connectivity index (χ3v) is 3.49. The molecule has 0 spiro atoms. The van der Waals surface area contributed by atoms with Gasteiger partial charge in [0.05, 0.1) is 6.20 Å². The molecular weight excluding hydrogens is 202 g/mol. The van der Waals surface area contributed by atoms with Crippen LogP contribution in [0.5, 0.6) is 0 Å². The second-order valence-electron chi connectivity index (χ2n) is 4.62. The Balaban J connectivity index is 2.59. The predicted octanol–water partition coefficient (Wildman–Crippen LogP) is 1.37. The molecule has 0 amide bonds. The predicted molar refractivity (Wildman–Crippen MR) is 65.2 cm³/mol. The van der Waals surface area contributed by atoms with Crippen LogP contribution in [0.1, 0.15) is 37.9 Å². The highest BCUT2D eigenvalue weighted by Crippen LogP contribution is 2.15. The first-order valence-corrected chi connectivity index (χ1v) is 5.86. The van der Waals surface area contributed by atoms with Crippen LogP contribution in [0.3, 0.4) is 0 Å². The first-order valence-electron chi connectivity index (χ1n) is 5.86. The lowest BCUT2D eigenvalue weighted by Gasteiger charge is -2.29. The summed E-state index contributed by atoms with van der Waals surface area (Å²) >= 11 is 0. The number of hydrogen-bond donors (Lipinski definition) is 2. The fourth-order valence-electron chi connectivity index (χ4n) is 1.66. The molecule has 16 heavy (non-hydrogen) atoms. The minimum Gasteiger partial charge on any atom is -0.396 e. The van der Waals surface area contributed by atoms with E-state index in [-0.39, 0.29) is 12.1 Å². The van der Waals surface area contributed by atoms with Crippen molar-refractivity contribution in [3.8, 4) is 0 Å². The third-order valence-electron chi connectivity index (χ3n) is 3.49. The van der Waals surface area contributed by atoms with Gasteiger partial charge < -0.3 is 10.4 Å². The summed E-state index contributed by atoms with van der Waals surface area (Å²) in [7, 11) is 1.95. The van der Waals surface area contributed by atoms with E-state index in [1.807, 2.05) is 17.9 Å². The summed E-state index contributed by atoms with van der Waals surface area (Å²) in [6.45, 7) is 7.39. The molecule has 1 heterocycles. The van der Waals surface area contributed by atoms with E-state index in [0.717, 1.165) is 19.4 Å². The molecule has 1 atom stereocenters. The van der Waals surface area contributed by atoms with Crippen LogP contribution in [-0.2, 0) is 13.6 Å². The Hall–Kier alpha value is -0.870. The van der Waals surface area contributed by atoms with Crippen LogP contribution in [0.15, 0.2) is 6.20 Å². The highest BCUT2D eigenvalue weighted by atomic mass is 16.3. The molecule has 1 unspecified atom stereocenters. The Morgan fingerprint density at radius 3 is 2.69 bits per heavy atom. The van der Waals surface area contributed by atoms with Gasteiger partial charge in [-0.1, -0.05) is 6.92 Å². The van der Waals surface area contributed by atoms with Crippen LogP contribution in [0.4, 0.5) is 0 Å². The highest BCUT2D eigenvalue weighted by Gasteiger charge is 2.20. The van der Waals surface area contributed by atoms with Crippen molar-refractivity contribution < 1.29 is 5.11 Å². The summed E-state index contributed by atoms with van der Waals surface area (Å²) < 4.78 is 1.88. The van der Waals surface area contributed by atoms with Crippen molar-refractivity contribution in [3.63, 3.8) is 0 Å². The van der Waals surface area contributed by atoms with E-state index < -0.39 is 0 Å². The SMILES string of the molecule is CCC(C)(CCO)NCc1cnn(C)c1C. The molecular formula is C12H23N3O. The number of rotatable bonds is 6. The summed E-state index contributed by atoms with van der Waals surface area (Å²) in [4.78, 5) is 0. The molecule has 0 radical (unpaired) electrons. The van der Waals surface area contributed by atoms with Crippen LogP contribution in [0.25, 0.3) is 0 Å². The monoisotopic (exact) mass is 225 g/mol. The molecule has 4 nitrogen and oxygen atoms in total. The van der Waals surface area contributed by atoms with Crippen molar-refractivity contribution in [2.24, 2.45) is 7.05 Å². The summed E-state index contributed by atoms with van der Waals surface area (Å²) in [6, 6.07) is 0. The number of hydrogen-bond acceptors (Lipinski definition) is 3. The average molecular weight is 225 g/mol. The molecule has 0 aliphatic rings. The summed E-state index contributed by atoms with van der Waals surface area (Å²) in [6.07, 6.45) is 3.69. The lowest BCUT2D eigenvalue weighted by atomic mass is 9.94. The molecule has 1 rings (SSSR count). The molecule has 92 valence electrons. The minimum atomic E-state index is 0.0109. The summed E-state index contributed by atoms with van der Waals surface area (Å²) in [5.74, 6) is 0. The van der Waals surface area contributed by atoms with Gasteiger partial charge in [0, 0.05) is 37.0 Å². The largest absolute Gasteiger partial charge is 0.396 e. The van der Waals surface area contributed by atoms with Gasteiger partial charge in [-0.05, 0) is 26.7 Å². The van der Waals surface area contributed by atoms with Crippen molar-refractivity contribution in [2.45, 2.75) is 45.7 Å². The number of nitrogens with zero attached hydrogens (tertiary/aromatic N) is 2. The van der Waals surface area contributed by atoms with Crippen molar-refractivity contribution in [2.75, 3.05) is 6.61 Å². The Kier molecular flexibility index (Phi) is 4.50. The van der Waals surface area contributed by atoms with Crippen molar-refractivity contribution in [3.05, 3.63) is 17.5 Å². The zero-order chi connectivity index (χ0) is 12.2. The Morgan fingerprint density at radius 2 is 2.25 bits per heavy atom. The summed E-state index contributed by atoms with van der Waals surface area (Å²) in [5.41, 5.74) is 2.42. The minimum absolute atomic E-state index is 0.0109. The molecule has 0 saturated heterocycles. The van der Waals surface area contributed by atoms with Crippen molar-refractivity contribution in [1.82, 2.24) is 15.1 Å². The first kappa shape index (κ1) is 13.2. The van der Waals surface area contributed by atoms with Gasteiger partial charge in [0.25, 0.3) is 0 Å². The standard InChI is InChI=1S/C12H23N3O/c1-5-12(3,6-7-16)13-8-11-9-14-15(4)10(11)2/h9,13,16H,5-8H2,1-4H3. The second-order valence-corrected chi connectivity index (χ2v) is 4.62. The van der Waals surface area contributed by atoms with Crippen LogP contribution >= 0.6 is 0 Å². The average Bonchev–Trinajstić information content (AvgIpc) is 2.58. The smallest absolute Gasteiger partial charge is 0.0537 e. The van der Waals surface area contributed by atoms with E-state index in [1.165, 1.54) is 11.3 Å². The quantitative estimate of drug-likeness (QED) is 0.769. The molecule has 4 heteroatoms. The van der Waals surface area contributed by atoms with E-state index in [2.05, 4.69) is 31.2 Å². The van der Waals surface area contributed by atoms with E-state index in [0.29, 0.717) is 0 Å². The van der Waals surface area contributed by atoms with Crippen molar-refractivity contribution >= 4 is 0 Å². The Morgan fingerprint density at radius 1 is 1.56 bits per heavy atom. The van der Waals surface area contributed by atoms with Crippen molar-refractivity contribution in [1.29, 1.82) is 0 Å². The van der Waals surface area contributed by atoms with Gasteiger partial charge >= 0.3 is 0 Å². The van der Waals surface area contributed by atoms with Crippen LogP contribution in [0, 0.1) is 6.92 Å². The number of aromatic nitrogens is 2. The zero-order valence-corrected chi connectivity index (χ0v) is 10.7. The third kappa shape index (κ3) is 3.06. The number of nitrogens with one attached hydrogen (secondary N) is 1. The highest BCUT2D eigenvalue weighted by molar-refractivity contribution is 5.15. The molecule has 1 aromatic heterocycles. The van der Waals surface area contributed by atoms with Crippen LogP contribution in [-0.4, -0.2) is 27.0 Å². The van der Waals surface area contributed by atoms with E-state index >= 15 is 0 Å². The van der Waals surface area contributed by atoms with E-state index in [4.69, 9.17) is 5.11 Å². The molecule has 0 aliphatic heterocycles. The fourth-order valence-corrected chi connectivity index (χ4v) is 1.66. The maximum Gasteiger partial charge on any atom is 0.0537 e. The lowest BCUT2D eigenvalue weighted by Crippen LogP contribution is -2.42. The van der Waals surface area contributed by atoms with Gasteiger partial charge in [-0.3, -0.25) is 4.68 Å². The molecule has 0 fully saturated rings. The second kappa shape index (κ2) is 5.46. The molecule has 0 aliphatic carbocycles. The molecule has 0 aromatic carbocycles.